The molecule has 118 valence electrons. The fourth-order valence-corrected chi connectivity index (χ4v) is 3.15. The second kappa shape index (κ2) is 8.06. The van der Waals surface area contributed by atoms with E-state index in [1.807, 2.05) is 6.92 Å². The monoisotopic (exact) mass is 330 g/mol. The van der Waals surface area contributed by atoms with Gasteiger partial charge in [0.05, 0.1) is 10.0 Å². The van der Waals surface area contributed by atoms with Crippen LogP contribution in [-0.2, 0) is 0 Å². The van der Waals surface area contributed by atoms with Gasteiger partial charge in [0.1, 0.15) is 11.6 Å². The number of rotatable bonds is 6. The summed E-state index contributed by atoms with van der Waals surface area (Å²) in [4.78, 5) is 7.02. The number of halogens is 2. The van der Waals surface area contributed by atoms with Gasteiger partial charge in [-0.15, -0.1) is 0 Å². The second-order valence-corrected chi connectivity index (χ2v) is 6.25. The van der Waals surface area contributed by atoms with Crippen molar-refractivity contribution in [1.29, 1.82) is 0 Å². The molecule has 1 fully saturated rings. The average molecular weight is 331 g/mol. The Hall–Kier alpha value is -0.710. The van der Waals surface area contributed by atoms with Crippen LogP contribution >= 0.6 is 23.2 Å². The first-order valence-electron chi connectivity index (χ1n) is 7.72. The van der Waals surface area contributed by atoms with Crippen molar-refractivity contribution >= 4 is 34.8 Å². The van der Waals surface area contributed by atoms with E-state index in [1.54, 1.807) is 6.07 Å². The molecule has 0 atom stereocenters. The van der Waals surface area contributed by atoms with E-state index < -0.39 is 0 Å². The normalized spacial score (nSPS) is 17.0. The van der Waals surface area contributed by atoms with Crippen molar-refractivity contribution < 1.29 is 0 Å². The van der Waals surface area contributed by atoms with E-state index >= 15 is 0 Å². The largest absolute Gasteiger partial charge is 0.369 e. The zero-order chi connectivity index (χ0) is 15.2. The summed E-state index contributed by atoms with van der Waals surface area (Å²) >= 11 is 12.4. The van der Waals surface area contributed by atoms with Crippen molar-refractivity contribution in [2.45, 2.75) is 39.2 Å². The molecule has 0 bridgehead atoms. The molecule has 2 N–H and O–H groups in total. The molecular weight excluding hydrogens is 307 g/mol. The summed E-state index contributed by atoms with van der Waals surface area (Å²) in [6, 6.07) is 2.18. The highest BCUT2D eigenvalue weighted by Crippen LogP contribution is 2.30. The lowest BCUT2D eigenvalue weighted by Gasteiger charge is -2.32. The third-order valence-corrected chi connectivity index (χ3v) is 4.32. The topological polar surface area (TPSA) is 40.2 Å². The molecule has 6 heteroatoms. The van der Waals surface area contributed by atoms with Gasteiger partial charge in [0.25, 0.3) is 0 Å². The number of piperidine rings is 1. The SMILES string of the molecule is CCCN1CCC(Nc2nc(NCC)c(Cl)cc2Cl)CC1. The molecular formula is C15H24Cl2N4. The van der Waals surface area contributed by atoms with Crippen molar-refractivity contribution in [1.82, 2.24) is 9.88 Å². The number of hydrogen-bond acceptors (Lipinski definition) is 4. The molecule has 1 saturated heterocycles. The van der Waals surface area contributed by atoms with E-state index in [-0.39, 0.29) is 0 Å². The fourth-order valence-electron chi connectivity index (χ4n) is 2.67. The standard InChI is InChI=1S/C15H24Cl2N4/c1-3-7-21-8-5-11(6-9-21)19-15-13(17)10-12(16)14(20-15)18-4-2/h10-11H,3-9H2,1-2H3,(H2,18,19,20). The van der Waals surface area contributed by atoms with Crippen LogP contribution < -0.4 is 10.6 Å². The number of aromatic nitrogens is 1. The first-order chi connectivity index (χ1) is 10.1. The third-order valence-electron chi connectivity index (χ3n) is 3.74. The lowest BCUT2D eigenvalue weighted by molar-refractivity contribution is 0.219. The number of nitrogens with zero attached hydrogens (tertiary/aromatic N) is 2. The van der Waals surface area contributed by atoms with E-state index in [0.717, 1.165) is 38.3 Å². The highest BCUT2D eigenvalue weighted by molar-refractivity contribution is 6.37. The van der Waals surface area contributed by atoms with Crippen molar-refractivity contribution in [2.24, 2.45) is 0 Å². The predicted octanol–water partition coefficient (Wildman–Crippen LogP) is 4.11. The minimum absolute atomic E-state index is 0.429. The molecule has 0 aromatic carbocycles. The third kappa shape index (κ3) is 4.63. The van der Waals surface area contributed by atoms with E-state index in [0.29, 0.717) is 21.9 Å². The molecule has 0 unspecified atom stereocenters. The van der Waals surface area contributed by atoms with Crippen LogP contribution in [0.3, 0.4) is 0 Å². The summed E-state index contributed by atoms with van der Waals surface area (Å²) in [6.45, 7) is 8.49. The molecule has 1 aromatic heterocycles. The predicted molar refractivity (Wildman–Crippen MR) is 91.8 cm³/mol. The van der Waals surface area contributed by atoms with Crippen LogP contribution in [0.5, 0.6) is 0 Å². The van der Waals surface area contributed by atoms with Gasteiger partial charge in [0, 0.05) is 25.7 Å². The quantitative estimate of drug-likeness (QED) is 0.823. The van der Waals surface area contributed by atoms with Gasteiger partial charge in [0.2, 0.25) is 0 Å². The number of nitrogens with one attached hydrogen (secondary N) is 2. The fraction of sp³-hybridized carbons (Fsp3) is 0.667. The van der Waals surface area contributed by atoms with Gasteiger partial charge < -0.3 is 15.5 Å². The number of pyridine rings is 1. The van der Waals surface area contributed by atoms with E-state index in [1.165, 1.54) is 13.0 Å². The van der Waals surface area contributed by atoms with Crippen LogP contribution in [0.4, 0.5) is 11.6 Å². The molecule has 1 aromatic rings. The maximum Gasteiger partial charge on any atom is 0.147 e. The Balaban J connectivity index is 1.98. The molecule has 0 radical (unpaired) electrons. The van der Waals surface area contributed by atoms with Crippen LogP contribution in [-0.4, -0.2) is 42.1 Å². The Morgan fingerprint density at radius 2 is 1.86 bits per heavy atom. The lowest BCUT2D eigenvalue weighted by Crippen LogP contribution is -2.39. The van der Waals surface area contributed by atoms with Gasteiger partial charge >= 0.3 is 0 Å². The maximum atomic E-state index is 6.25. The molecule has 4 nitrogen and oxygen atoms in total. The summed E-state index contributed by atoms with van der Waals surface area (Å²) in [6.07, 6.45) is 3.46. The molecule has 0 saturated carbocycles. The molecule has 21 heavy (non-hydrogen) atoms. The molecule has 0 spiro atoms. The summed E-state index contributed by atoms with van der Waals surface area (Å²) in [7, 11) is 0. The van der Waals surface area contributed by atoms with Crippen LogP contribution in [0.2, 0.25) is 10.0 Å². The minimum Gasteiger partial charge on any atom is -0.369 e. The van der Waals surface area contributed by atoms with Crippen molar-refractivity contribution in [2.75, 3.05) is 36.8 Å². The van der Waals surface area contributed by atoms with Gasteiger partial charge in [-0.3, -0.25) is 0 Å². The highest BCUT2D eigenvalue weighted by atomic mass is 35.5. The first kappa shape index (κ1) is 16.7. The summed E-state index contributed by atoms with van der Waals surface area (Å²) < 4.78 is 0. The van der Waals surface area contributed by atoms with Gasteiger partial charge in [0.15, 0.2) is 0 Å². The van der Waals surface area contributed by atoms with E-state index in [2.05, 4.69) is 27.4 Å². The highest BCUT2D eigenvalue weighted by Gasteiger charge is 2.20. The molecule has 0 aliphatic carbocycles. The number of likely N-dealkylation sites (tertiary alicyclic amines) is 1. The van der Waals surface area contributed by atoms with Crippen LogP contribution in [0.25, 0.3) is 0 Å². The summed E-state index contributed by atoms with van der Waals surface area (Å²) in [5.41, 5.74) is 0. The van der Waals surface area contributed by atoms with Crippen molar-refractivity contribution in [3.8, 4) is 0 Å². The summed E-state index contributed by atoms with van der Waals surface area (Å²) in [5, 5.41) is 7.77. The molecule has 1 aliphatic heterocycles. The smallest absolute Gasteiger partial charge is 0.147 e. The second-order valence-electron chi connectivity index (χ2n) is 5.44. The van der Waals surface area contributed by atoms with Gasteiger partial charge in [-0.05, 0) is 38.8 Å². The number of anilines is 2. The molecule has 2 rings (SSSR count). The maximum absolute atomic E-state index is 6.25. The average Bonchev–Trinajstić information content (AvgIpc) is 2.46. The zero-order valence-corrected chi connectivity index (χ0v) is 14.3. The summed E-state index contributed by atoms with van der Waals surface area (Å²) in [5.74, 6) is 1.42. The Morgan fingerprint density at radius 3 is 2.48 bits per heavy atom. The van der Waals surface area contributed by atoms with E-state index in [9.17, 15) is 0 Å². The Labute approximate surface area is 137 Å². The number of hydrogen-bond donors (Lipinski definition) is 2. The molecule has 1 aliphatic rings. The molecule has 0 amide bonds. The van der Waals surface area contributed by atoms with Crippen molar-refractivity contribution in [3.05, 3.63) is 16.1 Å². The Bertz CT molecular complexity index is 459. The van der Waals surface area contributed by atoms with Gasteiger partial charge in [-0.25, -0.2) is 4.98 Å². The Morgan fingerprint density at radius 1 is 1.19 bits per heavy atom. The van der Waals surface area contributed by atoms with Crippen LogP contribution in [0.15, 0.2) is 6.07 Å². The lowest BCUT2D eigenvalue weighted by atomic mass is 10.0. The first-order valence-corrected chi connectivity index (χ1v) is 8.48. The Kier molecular flexibility index (Phi) is 6.40. The van der Waals surface area contributed by atoms with Crippen LogP contribution in [0.1, 0.15) is 33.1 Å². The van der Waals surface area contributed by atoms with Gasteiger partial charge in [-0.2, -0.15) is 0 Å². The van der Waals surface area contributed by atoms with Gasteiger partial charge in [-0.1, -0.05) is 30.1 Å². The van der Waals surface area contributed by atoms with Crippen molar-refractivity contribution in [3.63, 3.8) is 0 Å². The van der Waals surface area contributed by atoms with Crippen LogP contribution in [0, 0.1) is 0 Å². The minimum atomic E-state index is 0.429. The zero-order valence-electron chi connectivity index (χ0n) is 12.8. The molecule has 2 heterocycles. The van der Waals surface area contributed by atoms with E-state index in [4.69, 9.17) is 23.2 Å².